The number of aromatic amines is 1. The van der Waals surface area contributed by atoms with Crippen LogP contribution in [0.1, 0.15) is 24.5 Å². The SMILES string of the molecule is CN1CCC(c2nc(-c3ccnc(F)c3)[nH]c(=O)c2Cl)CC1. The predicted molar refractivity (Wildman–Crippen MR) is 82.5 cm³/mol. The van der Waals surface area contributed by atoms with E-state index in [0.717, 1.165) is 25.9 Å². The van der Waals surface area contributed by atoms with E-state index in [1.165, 1.54) is 12.3 Å². The molecule has 0 unspecified atom stereocenters. The maximum atomic E-state index is 13.3. The Hall–Kier alpha value is -1.79. The molecule has 116 valence electrons. The van der Waals surface area contributed by atoms with Gasteiger partial charge in [-0.2, -0.15) is 4.39 Å². The summed E-state index contributed by atoms with van der Waals surface area (Å²) in [5.41, 5.74) is 0.694. The molecule has 22 heavy (non-hydrogen) atoms. The Kier molecular flexibility index (Phi) is 4.22. The highest BCUT2D eigenvalue weighted by atomic mass is 35.5. The van der Waals surface area contributed by atoms with E-state index in [9.17, 15) is 9.18 Å². The molecule has 5 nitrogen and oxygen atoms in total. The van der Waals surface area contributed by atoms with Gasteiger partial charge in [-0.05, 0) is 39.0 Å². The van der Waals surface area contributed by atoms with Crippen LogP contribution in [0.15, 0.2) is 23.1 Å². The van der Waals surface area contributed by atoms with Crippen molar-refractivity contribution in [3.63, 3.8) is 0 Å². The Labute approximate surface area is 132 Å². The van der Waals surface area contributed by atoms with Gasteiger partial charge in [-0.15, -0.1) is 0 Å². The van der Waals surface area contributed by atoms with E-state index in [2.05, 4.69) is 26.9 Å². The summed E-state index contributed by atoms with van der Waals surface area (Å²) >= 11 is 6.15. The van der Waals surface area contributed by atoms with Crippen molar-refractivity contribution in [2.24, 2.45) is 0 Å². The second-order valence-electron chi connectivity index (χ2n) is 5.56. The first-order valence-corrected chi connectivity index (χ1v) is 7.52. The predicted octanol–water partition coefficient (Wildman–Crippen LogP) is 2.43. The number of aromatic nitrogens is 3. The summed E-state index contributed by atoms with van der Waals surface area (Å²) < 4.78 is 13.3. The van der Waals surface area contributed by atoms with Crippen LogP contribution in [-0.4, -0.2) is 40.0 Å². The number of hydrogen-bond acceptors (Lipinski definition) is 4. The zero-order valence-corrected chi connectivity index (χ0v) is 12.9. The fourth-order valence-electron chi connectivity index (χ4n) is 2.72. The molecule has 0 bridgehead atoms. The lowest BCUT2D eigenvalue weighted by molar-refractivity contribution is 0.253. The molecule has 0 aliphatic carbocycles. The van der Waals surface area contributed by atoms with E-state index in [-0.39, 0.29) is 10.9 Å². The van der Waals surface area contributed by atoms with E-state index in [0.29, 0.717) is 17.1 Å². The Morgan fingerprint density at radius 2 is 2.14 bits per heavy atom. The molecule has 7 heteroatoms. The van der Waals surface area contributed by atoms with Crippen molar-refractivity contribution < 1.29 is 4.39 Å². The molecule has 2 aromatic heterocycles. The summed E-state index contributed by atoms with van der Waals surface area (Å²) in [6.07, 6.45) is 3.14. The zero-order chi connectivity index (χ0) is 15.7. The van der Waals surface area contributed by atoms with Gasteiger partial charge < -0.3 is 9.88 Å². The van der Waals surface area contributed by atoms with Gasteiger partial charge in [0.15, 0.2) is 0 Å². The van der Waals surface area contributed by atoms with Crippen LogP contribution in [0.5, 0.6) is 0 Å². The van der Waals surface area contributed by atoms with Crippen LogP contribution in [0.3, 0.4) is 0 Å². The first-order valence-electron chi connectivity index (χ1n) is 7.15. The Morgan fingerprint density at radius 3 is 2.82 bits per heavy atom. The molecular formula is C15H16ClFN4O. The van der Waals surface area contributed by atoms with Gasteiger partial charge in [0.05, 0.1) is 5.69 Å². The molecule has 0 radical (unpaired) electrons. The fraction of sp³-hybridized carbons (Fsp3) is 0.400. The lowest BCUT2D eigenvalue weighted by Gasteiger charge is -2.28. The summed E-state index contributed by atoms with van der Waals surface area (Å²) in [7, 11) is 2.06. The van der Waals surface area contributed by atoms with Crippen molar-refractivity contribution >= 4 is 11.6 Å². The third kappa shape index (κ3) is 3.03. The molecule has 0 aromatic carbocycles. The van der Waals surface area contributed by atoms with Crippen molar-refractivity contribution in [2.45, 2.75) is 18.8 Å². The molecule has 1 aliphatic heterocycles. The van der Waals surface area contributed by atoms with Gasteiger partial charge in [-0.25, -0.2) is 9.97 Å². The Bertz CT molecular complexity index is 741. The van der Waals surface area contributed by atoms with Gasteiger partial charge in [0.2, 0.25) is 5.95 Å². The van der Waals surface area contributed by atoms with Gasteiger partial charge in [0, 0.05) is 23.7 Å². The third-order valence-electron chi connectivity index (χ3n) is 3.99. The fourth-order valence-corrected chi connectivity index (χ4v) is 2.96. The minimum absolute atomic E-state index is 0.132. The summed E-state index contributed by atoms with van der Waals surface area (Å²) in [6, 6.07) is 2.85. The van der Waals surface area contributed by atoms with E-state index >= 15 is 0 Å². The van der Waals surface area contributed by atoms with Crippen molar-refractivity contribution in [3.05, 3.63) is 45.3 Å². The number of pyridine rings is 1. The first-order chi connectivity index (χ1) is 10.5. The number of H-pyrrole nitrogens is 1. The second-order valence-corrected chi connectivity index (χ2v) is 5.94. The normalized spacial score (nSPS) is 16.9. The summed E-state index contributed by atoms with van der Waals surface area (Å²) in [5.74, 6) is -0.142. The number of nitrogens with one attached hydrogen (secondary N) is 1. The quantitative estimate of drug-likeness (QED) is 0.863. The Morgan fingerprint density at radius 1 is 1.41 bits per heavy atom. The summed E-state index contributed by atoms with van der Waals surface area (Å²) in [5, 5.41) is 0.132. The topological polar surface area (TPSA) is 61.9 Å². The molecule has 0 atom stereocenters. The molecular weight excluding hydrogens is 307 g/mol. The van der Waals surface area contributed by atoms with Crippen LogP contribution in [0.25, 0.3) is 11.4 Å². The summed E-state index contributed by atoms with van der Waals surface area (Å²) in [6.45, 7) is 1.88. The molecule has 2 aromatic rings. The third-order valence-corrected chi connectivity index (χ3v) is 4.36. The molecule has 0 amide bonds. The van der Waals surface area contributed by atoms with Crippen molar-refractivity contribution in [1.29, 1.82) is 0 Å². The molecule has 0 saturated carbocycles. The maximum absolute atomic E-state index is 13.3. The Balaban J connectivity index is 2.02. The highest BCUT2D eigenvalue weighted by Gasteiger charge is 2.24. The lowest BCUT2D eigenvalue weighted by atomic mass is 9.93. The van der Waals surface area contributed by atoms with Crippen molar-refractivity contribution in [1.82, 2.24) is 19.9 Å². The van der Waals surface area contributed by atoms with Crippen LogP contribution >= 0.6 is 11.6 Å². The van der Waals surface area contributed by atoms with Gasteiger partial charge in [0.25, 0.3) is 5.56 Å². The van der Waals surface area contributed by atoms with E-state index in [1.807, 2.05) is 0 Å². The average molecular weight is 323 g/mol. The van der Waals surface area contributed by atoms with Crippen LogP contribution in [0.4, 0.5) is 4.39 Å². The number of likely N-dealkylation sites (tertiary alicyclic amines) is 1. The van der Waals surface area contributed by atoms with Crippen LogP contribution in [0.2, 0.25) is 5.02 Å². The number of nitrogens with zero attached hydrogens (tertiary/aromatic N) is 3. The highest BCUT2D eigenvalue weighted by molar-refractivity contribution is 6.31. The molecule has 0 spiro atoms. The molecule has 1 aliphatic rings. The van der Waals surface area contributed by atoms with Crippen LogP contribution in [-0.2, 0) is 0 Å². The molecule has 1 N–H and O–H groups in total. The lowest BCUT2D eigenvalue weighted by Crippen LogP contribution is -2.30. The number of rotatable bonds is 2. The largest absolute Gasteiger partial charge is 0.306 e. The molecule has 1 saturated heterocycles. The van der Waals surface area contributed by atoms with Crippen LogP contribution < -0.4 is 5.56 Å². The highest BCUT2D eigenvalue weighted by Crippen LogP contribution is 2.30. The molecule has 1 fully saturated rings. The zero-order valence-electron chi connectivity index (χ0n) is 12.1. The standard InChI is InChI=1S/C15H16ClFN4O/c1-21-6-3-9(4-7-21)13-12(16)15(22)20-14(19-13)10-2-5-18-11(17)8-10/h2,5,8-9H,3-4,6-7H2,1H3,(H,19,20,22). The van der Waals surface area contributed by atoms with Crippen molar-refractivity contribution in [3.8, 4) is 11.4 Å². The smallest absolute Gasteiger partial charge is 0.270 e. The van der Waals surface area contributed by atoms with Gasteiger partial charge in [-0.3, -0.25) is 4.79 Å². The second kappa shape index (κ2) is 6.14. The van der Waals surface area contributed by atoms with Crippen LogP contribution in [0, 0.1) is 5.95 Å². The maximum Gasteiger partial charge on any atom is 0.270 e. The van der Waals surface area contributed by atoms with Gasteiger partial charge in [0.1, 0.15) is 10.8 Å². The number of halogens is 2. The van der Waals surface area contributed by atoms with Gasteiger partial charge >= 0.3 is 0 Å². The van der Waals surface area contributed by atoms with E-state index in [1.54, 1.807) is 6.07 Å². The average Bonchev–Trinajstić information content (AvgIpc) is 2.51. The molecule has 3 heterocycles. The minimum atomic E-state index is -0.615. The molecule has 3 rings (SSSR count). The van der Waals surface area contributed by atoms with E-state index in [4.69, 9.17) is 11.6 Å². The summed E-state index contributed by atoms with van der Waals surface area (Å²) in [4.78, 5) is 24.9. The minimum Gasteiger partial charge on any atom is -0.306 e. The van der Waals surface area contributed by atoms with Crippen molar-refractivity contribution in [2.75, 3.05) is 20.1 Å². The number of piperidine rings is 1. The monoisotopic (exact) mass is 322 g/mol. The first kappa shape index (κ1) is 15.1. The number of hydrogen-bond donors (Lipinski definition) is 1. The van der Waals surface area contributed by atoms with Gasteiger partial charge in [-0.1, -0.05) is 11.6 Å². The van der Waals surface area contributed by atoms with E-state index < -0.39 is 11.5 Å².